The van der Waals surface area contributed by atoms with Crippen molar-refractivity contribution >= 4 is 27.5 Å². The molecule has 35 heavy (non-hydrogen) atoms. The number of carbonyl (C=O) groups excluding carboxylic acids is 2. The summed E-state index contributed by atoms with van der Waals surface area (Å²) >= 11 is 0. The van der Waals surface area contributed by atoms with Gasteiger partial charge in [0.1, 0.15) is 18.3 Å². The van der Waals surface area contributed by atoms with Crippen molar-refractivity contribution in [1.82, 2.24) is 10.2 Å². The van der Waals surface area contributed by atoms with Gasteiger partial charge in [0.15, 0.2) is 0 Å². The molecule has 1 N–H and O–H groups in total. The van der Waals surface area contributed by atoms with Crippen LogP contribution in [0.25, 0.3) is 0 Å². The van der Waals surface area contributed by atoms with E-state index in [4.69, 9.17) is 4.74 Å². The Balaban J connectivity index is 2.44. The topological polar surface area (TPSA) is 96.0 Å². The fourth-order valence-electron chi connectivity index (χ4n) is 3.89. The van der Waals surface area contributed by atoms with Gasteiger partial charge >= 0.3 is 0 Å². The molecule has 1 atom stereocenters. The summed E-state index contributed by atoms with van der Waals surface area (Å²) in [5.74, 6) is -0.0317. The Morgan fingerprint density at radius 2 is 1.71 bits per heavy atom. The van der Waals surface area contributed by atoms with Gasteiger partial charge in [-0.25, -0.2) is 8.42 Å². The maximum atomic E-state index is 13.7. The zero-order chi connectivity index (χ0) is 26.2. The predicted octanol–water partition coefficient (Wildman–Crippen LogP) is 3.41. The van der Waals surface area contributed by atoms with E-state index in [1.807, 2.05) is 52.0 Å². The minimum Gasteiger partial charge on any atom is -0.497 e. The van der Waals surface area contributed by atoms with Crippen LogP contribution in [0.1, 0.15) is 43.4 Å². The predicted molar refractivity (Wildman–Crippen MR) is 139 cm³/mol. The van der Waals surface area contributed by atoms with Gasteiger partial charge in [-0.1, -0.05) is 43.7 Å². The Morgan fingerprint density at radius 1 is 1.06 bits per heavy atom. The maximum absolute atomic E-state index is 13.7. The highest BCUT2D eigenvalue weighted by Gasteiger charge is 2.32. The number of hydrogen-bond acceptors (Lipinski definition) is 5. The molecule has 0 aromatic heterocycles. The molecule has 0 fully saturated rings. The van der Waals surface area contributed by atoms with Crippen LogP contribution in [-0.4, -0.2) is 57.6 Å². The normalized spacial score (nSPS) is 12.1. The molecule has 0 bridgehead atoms. The number of nitrogens with zero attached hydrogens (tertiary/aromatic N) is 2. The molecule has 2 aromatic carbocycles. The van der Waals surface area contributed by atoms with Gasteiger partial charge in [0.2, 0.25) is 21.8 Å². The van der Waals surface area contributed by atoms with E-state index in [9.17, 15) is 18.0 Å². The number of rotatable bonds is 12. The number of hydrogen-bond donors (Lipinski definition) is 1. The van der Waals surface area contributed by atoms with Gasteiger partial charge in [-0.3, -0.25) is 13.9 Å². The van der Waals surface area contributed by atoms with Crippen LogP contribution in [0.5, 0.6) is 5.75 Å². The third-order valence-corrected chi connectivity index (χ3v) is 6.87. The molecule has 2 rings (SSSR count). The maximum Gasteiger partial charge on any atom is 0.244 e. The molecule has 0 radical (unpaired) electrons. The number of aryl methyl sites for hydroxylation is 2. The van der Waals surface area contributed by atoms with Crippen molar-refractivity contribution in [2.45, 2.75) is 53.1 Å². The van der Waals surface area contributed by atoms with Crippen molar-refractivity contribution in [3.05, 3.63) is 59.2 Å². The molecule has 0 aliphatic rings. The second-order valence-electron chi connectivity index (χ2n) is 8.64. The zero-order valence-electron chi connectivity index (χ0n) is 21.5. The summed E-state index contributed by atoms with van der Waals surface area (Å²) in [5.41, 5.74) is 2.99. The molecule has 0 aliphatic carbocycles. The summed E-state index contributed by atoms with van der Waals surface area (Å²) in [5, 5.41) is 2.87. The first-order chi connectivity index (χ1) is 16.5. The minimum atomic E-state index is -3.76. The first-order valence-electron chi connectivity index (χ1n) is 11.8. The number of carbonyl (C=O) groups is 2. The molecule has 0 unspecified atom stereocenters. The molecular weight excluding hydrogens is 466 g/mol. The Hall–Kier alpha value is -3.07. The largest absolute Gasteiger partial charge is 0.497 e. The molecule has 0 heterocycles. The molecule has 8 nitrogen and oxygen atoms in total. The third-order valence-electron chi connectivity index (χ3n) is 5.75. The van der Waals surface area contributed by atoms with Crippen LogP contribution in [0.2, 0.25) is 0 Å². The second-order valence-corrected chi connectivity index (χ2v) is 10.6. The van der Waals surface area contributed by atoms with Crippen LogP contribution in [-0.2, 0) is 26.2 Å². The first kappa shape index (κ1) is 28.2. The van der Waals surface area contributed by atoms with Gasteiger partial charge in [0, 0.05) is 13.1 Å². The lowest BCUT2D eigenvalue weighted by Gasteiger charge is -2.33. The lowest BCUT2D eigenvalue weighted by atomic mass is 10.1. The van der Waals surface area contributed by atoms with Crippen LogP contribution in [0.4, 0.5) is 5.69 Å². The summed E-state index contributed by atoms with van der Waals surface area (Å²) in [6, 6.07) is 11.9. The van der Waals surface area contributed by atoms with E-state index in [-0.39, 0.29) is 12.5 Å². The van der Waals surface area contributed by atoms with E-state index in [1.54, 1.807) is 25.3 Å². The highest BCUT2D eigenvalue weighted by atomic mass is 32.2. The Bertz CT molecular complexity index is 1120. The summed E-state index contributed by atoms with van der Waals surface area (Å²) in [7, 11) is -2.19. The number of amides is 2. The highest BCUT2D eigenvalue weighted by molar-refractivity contribution is 7.92. The molecule has 0 saturated heterocycles. The average Bonchev–Trinajstić information content (AvgIpc) is 2.81. The van der Waals surface area contributed by atoms with Gasteiger partial charge in [-0.2, -0.15) is 0 Å². The number of benzene rings is 2. The van der Waals surface area contributed by atoms with Crippen LogP contribution in [0.3, 0.4) is 0 Å². The van der Waals surface area contributed by atoms with Crippen LogP contribution in [0, 0.1) is 13.8 Å². The standard InChI is InChI=1S/C26H37N3O5S/c1-7-15-27-26(31)23(8-2)28(17-21-10-12-22(34-5)13-11-21)25(30)18-29(35(6,32)33)24-14-9-19(3)16-20(24)4/h9-14,16,23H,7-8,15,17-18H2,1-6H3,(H,27,31)/t23-/m0/s1. The van der Waals surface area contributed by atoms with E-state index in [1.165, 1.54) is 4.90 Å². The Labute approximate surface area is 209 Å². The highest BCUT2D eigenvalue weighted by Crippen LogP contribution is 2.24. The molecule has 2 amide bonds. The van der Waals surface area contributed by atoms with Crippen molar-refractivity contribution in [2.24, 2.45) is 0 Å². The van der Waals surface area contributed by atoms with Crippen molar-refractivity contribution in [3.8, 4) is 5.75 Å². The number of ether oxygens (including phenoxy) is 1. The van der Waals surface area contributed by atoms with Crippen molar-refractivity contribution in [1.29, 1.82) is 0 Å². The van der Waals surface area contributed by atoms with Gasteiger partial charge in [0.25, 0.3) is 0 Å². The van der Waals surface area contributed by atoms with Gasteiger partial charge in [-0.05, 0) is 56.0 Å². The lowest BCUT2D eigenvalue weighted by molar-refractivity contribution is -0.140. The van der Waals surface area contributed by atoms with Gasteiger partial charge < -0.3 is 15.0 Å². The minimum absolute atomic E-state index is 0.158. The molecule has 0 spiro atoms. The summed E-state index contributed by atoms with van der Waals surface area (Å²) < 4.78 is 31.8. The Morgan fingerprint density at radius 3 is 2.23 bits per heavy atom. The van der Waals surface area contributed by atoms with Gasteiger partial charge in [-0.15, -0.1) is 0 Å². The number of nitrogens with one attached hydrogen (secondary N) is 1. The van der Waals surface area contributed by atoms with Crippen LogP contribution >= 0.6 is 0 Å². The van der Waals surface area contributed by atoms with E-state index in [0.717, 1.165) is 33.7 Å². The van der Waals surface area contributed by atoms with Gasteiger partial charge in [0.05, 0.1) is 19.1 Å². The van der Waals surface area contributed by atoms with Crippen molar-refractivity contribution in [3.63, 3.8) is 0 Å². The number of anilines is 1. The van der Waals surface area contributed by atoms with Crippen LogP contribution in [0.15, 0.2) is 42.5 Å². The van der Waals surface area contributed by atoms with E-state index in [0.29, 0.717) is 24.4 Å². The number of sulfonamides is 1. The smallest absolute Gasteiger partial charge is 0.244 e. The molecule has 0 saturated carbocycles. The molecule has 0 aliphatic heterocycles. The molecular formula is C26H37N3O5S. The second kappa shape index (κ2) is 12.6. The van der Waals surface area contributed by atoms with E-state index >= 15 is 0 Å². The average molecular weight is 504 g/mol. The quantitative estimate of drug-likeness (QED) is 0.479. The summed E-state index contributed by atoms with van der Waals surface area (Å²) in [6.07, 6.45) is 2.24. The van der Waals surface area contributed by atoms with E-state index in [2.05, 4.69) is 5.32 Å². The monoisotopic (exact) mass is 503 g/mol. The van der Waals surface area contributed by atoms with Crippen LogP contribution < -0.4 is 14.4 Å². The van der Waals surface area contributed by atoms with E-state index < -0.39 is 28.5 Å². The summed E-state index contributed by atoms with van der Waals surface area (Å²) in [4.78, 5) is 28.1. The lowest BCUT2D eigenvalue weighted by Crippen LogP contribution is -2.52. The zero-order valence-corrected chi connectivity index (χ0v) is 22.3. The Kier molecular flexibility index (Phi) is 10.1. The van der Waals surface area contributed by atoms with Crippen molar-refractivity contribution < 1.29 is 22.7 Å². The summed E-state index contributed by atoms with van der Waals surface area (Å²) in [6.45, 7) is 7.77. The third kappa shape index (κ3) is 7.71. The molecule has 192 valence electrons. The first-order valence-corrected chi connectivity index (χ1v) is 13.6. The SMILES string of the molecule is CCCNC(=O)[C@H](CC)N(Cc1ccc(OC)cc1)C(=O)CN(c1ccc(C)cc1C)S(C)(=O)=O. The molecule has 9 heteroatoms. The number of methoxy groups -OCH3 is 1. The molecule has 2 aromatic rings. The fraction of sp³-hybridized carbons (Fsp3) is 0.462. The van der Waals surface area contributed by atoms with Crippen molar-refractivity contribution in [2.75, 3.05) is 30.8 Å². The fourth-order valence-corrected chi connectivity index (χ4v) is 4.80.